The van der Waals surface area contributed by atoms with Crippen LogP contribution in [-0.4, -0.2) is 4.92 Å². The van der Waals surface area contributed by atoms with E-state index in [-0.39, 0.29) is 17.2 Å². The molecule has 0 saturated heterocycles. The van der Waals surface area contributed by atoms with E-state index in [1.54, 1.807) is 12.1 Å². The second-order valence-corrected chi connectivity index (χ2v) is 4.29. The monoisotopic (exact) mass is 325 g/mol. The second kappa shape index (κ2) is 5.79. The summed E-state index contributed by atoms with van der Waals surface area (Å²) >= 11 is 3.22. The Labute approximate surface area is 117 Å². The van der Waals surface area contributed by atoms with Gasteiger partial charge in [0.25, 0.3) is 0 Å². The van der Waals surface area contributed by atoms with Crippen molar-refractivity contribution in [2.75, 3.05) is 0 Å². The first-order valence-corrected chi connectivity index (χ1v) is 6.49. The molecule has 0 aliphatic carbocycles. The topological polar surface area (TPSA) is 52.4 Å². The fraction of sp³-hybridized carbons (Fsp3) is 0.0769. The molecule has 2 aromatic carbocycles. The normalized spacial score (nSPS) is 10.2. The molecule has 0 atom stereocenters. The maximum Gasteiger partial charge on any atom is 0.311 e. The highest BCUT2D eigenvalue weighted by atomic mass is 79.9. The van der Waals surface area contributed by atoms with Crippen LogP contribution in [0.3, 0.4) is 0 Å². The van der Waals surface area contributed by atoms with Crippen molar-refractivity contribution in [1.82, 2.24) is 0 Å². The summed E-state index contributed by atoms with van der Waals surface area (Å²) < 4.78 is 19.0. The number of nitro groups is 1. The van der Waals surface area contributed by atoms with Crippen molar-refractivity contribution in [3.05, 3.63) is 64.0 Å². The van der Waals surface area contributed by atoms with Gasteiger partial charge in [0.2, 0.25) is 5.75 Å². The maximum absolute atomic E-state index is 13.7. The molecule has 2 aromatic rings. The molecule has 0 spiro atoms. The van der Waals surface area contributed by atoms with Gasteiger partial charge in [-0.1, -0.05) is 34.1 Å². The number of alkyl halides is 1. The predicted octanol–water partition coefficient (Wildman–Crippen LogP) is 4.42. The number of benzene rings is 2. The van der Waals surface area contributed by atoms with E-state index in [9.17, 15) is 14.5 Å². The van der Waals surface area contributed by atoms with Gasteiger partial charge >= 0.3 is 5.69 Å². The molecule has 0 aromatic heterocycles. The highest BCUT2D eigenvalue weighted by Gasteiger charge is 2.16. The predicted molar refractivity (Wildman–Crippen MR) is 72.2 cm³/mol. The third-order valence-corrected chi connectivity index (χ3v) is 3.08. The van der Waals surface area contributed by atoms with Crippen LogP contribution in [0, 0.1) is 15.9 Å². The van der Waals surface area contributed by atoms with Gasteiger partial charge in [0.15, 0.2) is 11.6 Å². The van der Waals surface area contributed by atoms with Crippen molar-refractivity contribution in [2.24, 2.45) is 0 Å². The molecule has 0 fully saturated rings. The Balaban J connectivity index is 2.34. The molecule has 0 aliphatic rings. The van der Waals surface area contributed by atoms with Gasteiger partial charge in [0.1, 0.15) is 0 Å². The summed E-state index contributed by atoms with van der Waals surface area (Å²) in [5.41, 5.74) is 0.555. The van der Waals surface area contributed by atoms with E-state index in [0.717, 1.165) is 5.56 Å². The highest BCUT2D eigenvalue weighted by molar-refractivity contribution is 9.08. The summed E-state index contributed by atoms with van der Waals surface area (Å²) in [6.45, 7) is 0. The van der Waals surface area contributed by atoms with Gasteiger partial charge in [-0.05, 0) is 23.8 Å². The summed E-state index contributed by atoms with van der Waals surface area (Å²) in [6.07, 6.45) is 0. The minimum Gasteiger partial charge on any atom is -0.447 e. The molecular weight excluding hydrogens is 317 g/mol. The Bertz CT molecular complexity index is 619. The molecule has 0 radical (unpaired) electrons. The number of ether oxygens (including phenoxy) is 1. The van der Waals surface area contributed by atoms with Gasteiger partial charge in [-0.25, -0.2) is 4.39 Å². The van der Waals surface area contributed by atoms with E-state index in [0.29, 0.717) is 5.33 Å². The van der Waals surface area contributed by atoms with Gasteiger partial charge in [-0.2, -0.15) is 0 Å². The fourth-order valence-corrected chi connectivity index (χ4v) is 1.87. The molecule has 0 amide bonds. The standard InChI is InChI=1S/C13H9BrFNO3/c14-8-9-5-6-12(10(15)7-9)19-13-4-2-1-3-11(13)16(17)18/h1-7H,8H2. The Morgan fingerprint density at radius 3 is 2.58 bits per heavy atom. The molecule has 0 heterocycles. The highest BCUT2D eigenvalue weighted by Crippen LogP contribution is 2.32. The minimum absolute atomic E-state index is 0.0120. The first-order valence-electron chi connectivity index (χ1n) is 5.37. The average Bonchev–Trinajstić information content (AvgIpc) is 2.41. The molecule has 4 nitrogen and oxygen atoms in total. The first kappa shape index (κ1) is 13.5. The van der Waals surface area contributed by atoms with Crippen LogP contribution < -0.4 is 4.74 Å². The molecule has 0 aliphatic heterocycles. The molecule has 98 valence electrons. The van der Waals surface area contributed by atoms with E-state index in [2.05, 4.69) is 15.9 Å². The summed E-state index contributed by atoms with van der Waals surface area (Å²) in [7, 11) is 0. The lowest BCUT2D eigenvalue weighted by Crippen LogP contribution is -1.95. The lowest BCUT2D eigenvalue weighted by Gasteiger charge is -2.07. The Hall–Kier alpha value is -1.95. The van der Waals surface area contributed by atoms with E-state index in [4.69, 9.17) is 4.74 Å². The van der Waals surface area contributed by atoms with Crippen LogP contribution in [0.25, 0.3) is 0 Å². The quantitative estimate of drug-likeness (QED) is 0.475. The zero-order valence-corrected chi connectivity index (χ0v) is 11.3. The summed E-state index contributed by atoms with van der Waals surface area (Å²) in [4.78, 5) is 10.3. The number of hydrogen-bond acceptors (Lipinski definition) is 3. The third kappa shape index (κ3) is 3.08. The van der Waals surface area contributed by atoms with Gasteiger partial charge in [-0.3, -0.25) is 10.1 Å². The van der Waals surface area contributed by atoms with E-state index in [1.807, 2.05) is 0 Å². The fourth-order valence-electron chi connectivity index (χ4n) is 1.52. The van der Waals surface area contributed by atoms with E-state index < -0.39 is 10.7 Å². The summed E-state index contributed by atoms with van der Waals surface area (Å²) in [5, 5.41) is 11.3. The van der Waals surface area contributed by atoms with Gasteiger partial charge in [-0.15, -0.1) is 0 Å². The lowest BCUT2D eigenvalue weighted by molar-refractivity contribution is -0.385. The Morgan fingerprint density at radius 2 is 1.95 bits per heavy atom. The van der Waals surface area contributed by atoms with Crippen molar-refractivity contribution in [3.8, 4) is 11.5 Å². The Morgan fingerprint density at radius 1 is 1.21 bits per heavy atom. The van der Waals surface area contributed by atoms with Gasteiger partial charge in [0, 0.05) is 11.4 Å². The molecule has 19 heavy (non-hydrogen) atoms. The van der Waals surface area contributed by atoms with Crippen molar-refractivity contribution in [2.45, 2.75) is 5.33 Å². The number of rotatable bonds is 4. The van der Waals surface area contributed by atoms with Gasteiger partial charge < -0.3 is 4.74 Å². The van der Waals surface area contributed by atoms with Crippen molar-refractivity contribution in [1.29, 1.82) is 0 Å². The first-order chi connectivity index (χ1) is 9.11. The molecule has 0 N–H and O–H groups in total. The molecule has 0 unspecified atom stereocenters. The maximum atomic E-state index is 13.7. The average molecular weight is 326 g/mol. The summed E-state index contributed by atoms with van der Waals surface area (Å²) in [5.74, 6) is -0.591. The number of nitro benzene ring substituents is 1. The van der Waals surface area contributed by atoms with Crippen LogP contribution in [0.4, 0.5) is 10.1 Å². The number of para-hydroxylation sites is 2. The number of hydrogen-bond donors (Lipinski definition) is 0. The molecule has 0 saturated carbocycles. The van der Waals surface area contributed by atoms with Crippen LogP contribution >= 0.6 is 15.9 Å². The van der Waals surface area contributed by atoms with E-state index >= 15 is 0 Å². The van der Waals surface area contributed by atoms with Crippen LogP contribution in [0.2, 0.25) is 0 Å². The number of halogens is 2. The van der Waals surface area contributed by atoms with Crippen LogP contribution in [-0.2, 0) is 5.33 Å². The largest absolute Gasteiger partial charge is 0.447 e. The molecule has 0 bridgehead atoms. The van der Waals surface area contributed by atoms with Crippen LogP contribution in [0.1, 0.15) is 5.56 Å². The SMILES string of the molecule is O=[N+]([O-])c1ccccc1Oc1ccc(CBr)cc1F. The van der Waals surface area contributed by atoms with Crippen LogP contribution in [0.5, 0.6) is 11.5 Å². The smallest absolute Gasteiger partial charge is 0.311 e. The minimum atomic E-state index is -0.569. The van der Waals surface area contributed by atoms with E-state index in [1.165, 1.54) is 30.3 Å². The molecule has 6 heteroatoms. The third-order valence-electron chi connectivity index (χ3n) is 2.43. The molecular formula is C13H9BrFNO3. The zero-order chi connectivity index (χ0) is 13.8. The lowest BCUT2D eigenvalue weighted by atomic mass is 10.2. The second-order valence-electron chi connectivity index (χ2n) is 3.73. The number of nitrogens with zero attached hydrogens (tertiary/aromatic N) is 1. The summed E-state index contributed by atoms with van der Waals surface area (Å²) in [6, 6.07) is 10.3. The van der Waals surface area contributed by atoms with Crippen molar-refractivity contribution in [3.63, 3.8) is 0 Å². The zero-order valence-electron chi connectivity index (χ0n) is 9.68. The van der Waals surface area contributed by atoms with Crippen molar-refractivity contribution >= 4 is 21.6 Å². The van der Waals surface area contributed by atoms with Gasteiger partial charge in [0.05, 0.1) is 4.92 Å². The van der Waals surface area contributed by atoms with Crippen LogP contribution in [0.15, 0.2) is 42.5 Å². The Kier molecular flexibility index (Phi) is 4.11. The van der Waals surface area contributed by atoms with Crippen molar-refractivity contribution < 1.29 is 14.1 Å². The molecule has 2 rings (SSSR count).